The average molecular weight is 313 g/mol. The molecule has 1 aromatic rings. The van der Waals surface area contributed by atoms with Gasteiger partial charge in [-0.1, -0.05) is 19.1 Å². The Labute approximate surface area is 124 Å². The molecule has 1 aromatic carbocycles. The van der Waals surface area contributed by atoms with Crippen molar-refractivity contribution in [2.45, 2.75) is 31.1 Å². The van der Waals surface area contributed by atoms with Gasteiger partial charge in [0.05, 0.1) is 4.90 Å². The van der Waals surface area contributed by atoms with E-state index < -0.39 is 23.0 Å². The molecule has 1 amide bonds. The zero-order chi connectivity index (χ0) is 15.3. The van der Waals surface area contributed by atoms with Crippen molar-refractivity contribution in [2.75, 3.05) is 19.9 Å². The number of carbonyl (C=O) groups excluding carboxylic acids is 1. The highest BCUT2D eigenvalue weighted by Gasteiger charge is 2.21. The number of benzene rings is 1. The second kappa shape index (κ2) is 6.91. The maximum atomic E-state index is 11.9. The van der Waals surface area contributed by atoms with Crippen molar-refractivity contribution >= 4 is 16.2 Å². The summed E-state index contributed by atoms with van der Waals surface area (Å²) in [6.07, 6.45) is 2.18. The number of rotatable bonds is 5. The van der Waals surface area contributed by atoms with Crippen LogP contribution in [-0.2, 0) is 25.5 Å². The number of hydrogen-bond donors (Lipinski definition) is 0. The van der Waals surface area contributed by atoms with Crippen molar-refractivity contribution in [3.8, 4) is 0 Å². The molecule has 21 heavy (non-hydrogen) atoms. The first kappa shape index (κ1) is 15.8. The van der Waals surface area contributed by atoms with E-state index >= 15 is 0 Å². The van der Waals surface area contributed by atoms with Crippen LogP contribution < -0.4 is 0 Å². The summed E-state index contributed by atoms with van der Waals surface area (Å²) in [4.78, 5) is 13.2. The van der Waals surface area contributed by atoms with Crippen molar-refractivity contribution in [1.29, 1.82) is 0 Å². The minimum absolute atomic E-state index is 0.0527. The molecule has 0 spiro atoms. The molecule has 0 aromatic heterocycles. The fourth-order valence-electron chi connectivity index (χ4n) is 2.09. The molecule has 1 aliphatic heterocycles. The molecule has 0 unspecified atom stereocenters. The summed E-state index contributed by atoms with van der Waals surface area (Å²) in [5.41, 5.74) is 1.04. The average Bonchev–Trinajstić information content (AvgIpc) is 3.01. The van der Waals surface area contributed by atoms with Crippen LogP contribution in [0.1, 0.15) is 25.3 Å². The summed E-state index contributed by atoms with van der Waals surface area (Å²) in [5, 5.41) is 0. The van der Waals surface area contributed by atoms with Gasteiger partial charge in [-0.15, -0.1) is 0 Å². The van der Waals surface area contributed by atoms with E-state index in [9.17, 15) is 13.2 Å². The predicted octanol–water partition coefficient (Wildman–Crippen LogP) is 2.14. The van der Waals surface area contributed by atoms with Gasteiger partial charge in [0.25, 0.3) is 10.1 Å². The lowest BCUT2D eigenvalue weighted by Gasteiger charge is -2.14. The Balaban J connectivity index is 1.87. The summed E-state index contributed by atoms with van der Waals surface area (Å²) in [5.74, 6) is 0. The van der Waals surface area contributed by atoms with E-state index in [1.54, 1.807) is 12.1 Å². The molecule has 7 heteroatoms. The summed E-state index contributed by atoms with van der Waals surface area (Å²) >= 11 is 0. The summed E-state index contributed by atoms with van der Waals surface area (Å²) < 4.78 is 33.4. The monoisotopic (exact) mass is 313 g/mol. The van der Waals surface area contributed by atoms with Gasteiger partial charge < -0.3 is 9.64 Å². The SMILES string of the molecule is CCc1ccc(S(=O)(=O)OCOC(=O)N2CCCC2)cc1. The molecule has 1 heterocycles. The quantitative estimate of drug-likeness (QED) is 0.615. The summed E-state index contributed by atoms with van der Waals surface area (Å²) in [7, 11) is -3.90. The van der Waals surface area contributed by atoms with Crippen molar-refractivity contribution in [1.82, 2.24) is 4.90 Å². The third-order valence-electron chi connectivity index (χ3n) is 3.37. The molecule has 0 radical (unpaired) electrons. The topological polar surface area (TPSA) is 72.9 Å². The fraction of sp³-hybridized carbons (Fsp3) is 0.500. The highest BCUT2D eigenvalue weighted by atomic mass is 32.2. The molecular formula is C14H19NO5S. The van der Waals surface area contributed by atoms with E-state index in [1.165, 1.54) is 17.0 Å². The Morgan fingerprint density at radius 1 is 1.19 bits per heavy atom. The van der Waals surface area contributed by atoms with Gasteiger partial charge in [-0.25, -0.2) is 8.98 Å². The van der Waals surface area contributed by atoms with Crippen LogP contribution in [0.3, 0.4) is 0 Å². The lowest BCUT2D eigenvalue weighted by atomic mass is 10.2. The smallest absolute Gasteiger partial charge is 0.411 e. The molecule has 1 saturated heterocycles. The van der Waals surface area contributed by atoms with Crippen molar-refractivity contribution in [3.05, 3.63) is 29.8 Å². The lowest BCUT2D eigenvalue weighted by molar-refractivity contribution is 0.0426. The van der Waals surface area contributed by atoms with Gasteiger partial charge in [-0.05, 0) is 37.0 Å². The molecule has 1 aliphatic rings. The fourth-order valence-corrected chi connectivity index (χ4v) is 2.87. The van der Waals surface area contributed by atoms with Crippen molar-refractivity contribution < 1.29 is 22.1 Å². The van der Waals surface area contributed by atoms with E-state index in [4.69, 9.17) is 8.92 Å². The van der Waals surface area contributed by atoms with E-state index in [0.717, 1.165) is 24.8 Å². The third kappa shape index (κ3) is 4.18. The van der Waals surface area contributed by atoms with Crippen LogP contribution in [0.15, 0.2) is 29.2 Å². The molecule has 116 valence electrons. The van der Waals surface area contributed by atoms with E-state index in [-0.39, 0.29) is 4.90 Å². The number of likely N-dealkylation sites (tertiary alicyclic amines) is 1. The second-order valence-electron chi connectivity index (χ2n) is 4.79. The molecule has 0 atom stereocenters. The standard InChI is InChI=1S/C14H19NO5S/c1-2-12-5-7-13(8-6-12)21(17,18)20-11-19-14(16)15-9-3-4-10-15/h5-8H,2-4,9-11H2,1H3. The molecule has 0 saturated carbocycles. The molecule has 1 fully saturated rings. The van der Waals surface area contributed by atoms with Gasteiger partial charge in [0, 0.05) is 13.1 Å². The maximum Gasteiger partial charge on any atom is 0.411 e. The van der Waals surface area contributed by atoms with Gasteiger partial charge in [0.15, 0.2) is 0 Å². The van der Waals surface area contributed by atoms with Crippen LogP contribution in [-0.4, -0.2) is 39.3 Å². The highest BCUT2D eigenvalue weighted by Crippen LogP contribution is 2.14. The Morgan fingerprint density at radius 2 is 1.81 bits per heavy atom. The zero-order valence-corrected chi connectivity index (χ0v) is 12.8. The van der Waals surface area contributed by atoms with Gasteiger partial charge in [-0.3, -0.25) is 0 Å². The van der Waals surface area contributed by atoms with Gasteiger partial charge in [0.1, 0.15) is 0 Å². The Morgan fingerprint density at radius 3 is 2.38 bits per heavy atom. The van der Waals surface area contributed by atoms with E-state index in [0.29, 0.717) is 13.1 Å². The number of aryl methyl sites for hydroxylation is 1. The number of ether oxygens (including phenoxy) is 1. The highest BCUT2D eigenvalue weighted by molar-refractivity contribution is 7.86. The third-order valence-corrected chi connectivity index (χ3v) is 4.63. The Kier molecular flexibility index (Phi) is 5.19. The van der Waals surface area contributed by atoms with E-state index in [1.807, 2.05) is 6.92 Å². The van der Waals surface area contributed by atoms with Crippen molar-refractivity contribution in [2.24, 2.45) is 0 Å². The zero-order valence-electron chi connectivity index (χ0n) is 11.9. The van der Waals surface area contributed by atoms with Crippen LogP contribution in [0.5, 0.6) is 0 Å². The molecule has 6 nitrogen and oxygen atoms in total. The number of hydrogen-bond acceptors (Lipinski definition) is 5. The van der Waals surface area contributed by atoms with Gasteiger partial charge in [0.2, 0.25) is 6.79 Å². The van der Waals surface area contributed by atoms with Crippen LogP contribution in [0.2, 0.25) is 0 Å². The molecule has 0 bridgehead atoms. The number of carbonyl (C=O) groups is 1. The minimum atomic E-state index is -3.90. The molecule has 2 rings (SSSR count). The van der Waals surface area contributed by atoms with Crippen LogP contribution >= 0.6 is 0 Å². The Hall–Kier alpha value is -1.60. The maximum absolute atomic E-state index is 11.9. The number of amides is 1. The first-order valence-corrected chi connectivity index (χ1v) is 8.34. The lowest BCUT2D eigenvalue weighted by Crippen LogP contribution is -2.29. The van der Waals surface area contributed by atoms with Gasteiger partial charge in [-0.2, -0.15) is 8.42 Å². The van der Waals surface area contributed by atoms with Crippen molar-refractivity contribution in [3.63, 3.8) is 0 Å². The Bertz CT molecular complexity index is 576. The van der Waals surface area contributed by atoms with Crippen LogP contribution in [0, 0.1) is 0 Å². The molecule has 0 aliphatic carbocycles. The summed E-state index contributed by atoms with van der Waals surface area (Å²) in [6, 6.07) is 6.42. The predicted molar refractivity (Wildman–Crippen MR) is 76.2 cm³/mol. The van der Waals surface area contributed by atoms with Crippen LogP contribution in [0.4, 0.5) is 4.79 Å². The largest absolute Gasteiger partial charge is 0.421 e. The number of nitrogens with zero attached hydrogens (tertiary/aromatic N) is 1. The first-order chi connectivity index (χ1) is 10.0. The second-order valence-corrected chi connectivity index (χ2v) is 6.41. The first-order valence-electron chi connectivity index (χ1n) is 6.93. The van der Waals surface area contributed by atoms with E-state index in [2.05, 4.69) is 0 Å². The van der Waals surface area contributed by atoms with Gasteiger partial charge >= 0.3 is 6.09 Å². The summed E-state index contributed by atoms with van der Waals surface area (Å²) in [6.45, 7) is 2.67. The van der Waals surface area contributed by atoms with Crippen LogP contribution in [0.25, 0.3) is 0 Å². The minimum Gasteiger partial charge on any atom is -0.421 e. The normalized spacial score (nSPS) is 15.2. The molecule has 0 N–H and O–H groups in total. The molecular weight excluding hydrogens is 294 g/mol.